The number of aromatic hydroxyl groups is 1. The van der Waals surface area contributed by atoms with E-state index in [1.165, 1.54) is 0 Å². The molecular formula is C6H5Cl2NaO. The molecule has 0 saturated carbocycles. The molecule has 0 spiro atoms. The van der Waals surface area contributed by atoms with Crippen molar-refractivity contribution < 1.29 is 36.1 Å². The number of hydrogen-bond donors (Lipinski definition) is 1. The Morgan fingerprint density at radius 3 is 1.90 bits per heavy atom. The van der Waals surface area contributed by atoms with Crippen molar-refractivity contribution in [1.29, 1.82) is 0 Å². The maximum Gasteiger partial charge on any atom is 1.00 e. The van der Waals surface area contributed by atoms with E-state index in [1.807, 2.05) is 0 Å². The van der Waals surface area contributed by atoms with Gasteiger partial charge in [0.2, 0.25) is 0 Å². The first-order valence-corrected chi connectivity index (χ1v) is 3.10. The van der Waals surface area contributed by atoms with Crippen LogP contribution < -0.4 is 29.6 Å². The molecule has 0 aliphatic rings. The molecule has 1 nitrogen and oxygen atoms in total. The minimum Gasteiger partial charge on any atom is -1.00 e. The first-order valence-electron chi connectivity index (χ1n) is 2.35. The zero-order valence-electron chi connectivity index (χ0n) is 6.44. The normalized spacial score (nSPS) is 8.60. The summed E-state index contributed by atoms with van der Waals surface area (Å²) >= 11 is 11.0. The van der Waals surface area contributed by atoms with Gasteiger partial charge in [0.15, 0.2) is 5.75 Å². The van der Waals surface area contributed by atoms with Gasteiger partial charge < -0.3 is 6.53 Å². The monoisotopic (exact) mass is 186 g/mol. The number of phenols is 1. The molecule has 0 aliphatic heterocycles. The van der Waals surface area contributed by atoms with Gasteiger partial charge in [-0.3, -0.25) is 0 Å². The van der Waals surface area contributed by atoms with E-state index in [9.17, 15) is 0 Å². The second-order valence-electron chi connectivity index (χ2n) is 1.57. The number of halogens is 2. The Bertz CT molecular complexity index is 212. The Hall–Kier alpha value is 0.600. The maximum absolute atomic E-state index is 8.94. The molecule has 50 valence electrons. The largest absolute Gasteiger partial charge is 1.00 e. The summed E-state index contributed by atoms with van der Waals surface area (Å²) < 4.78 is 0. The average molecular weight is 187 g/mol. The molecule has 0 fully saturated rings. The molecule has 0 radical (unpaired) electrons. The van der Waals surface area contributed by atoms with Crippen molar-refractivity contribution in [2.24, 2.45) is 0 Å². The van der Waals surface area contributed by atoms with E-state index in [2.05, 4.69) is 0 Å². The third kappa shape index (κ3) is 2.33. The van der Waals surface area contributed by atoms with Gasteiger partial charge in [0.25, 0.3) is 0 Å². The molecular weight excluding hydrogens is 182 g/mol. The zero-order valence-corrected chi connectivity index (χ0v) is 8.95. The molecule has 1 aromatic carbocycles. The first-order chi connectivity index (χ1) is 4.22. The summed E-state index contributed by atoms with van der Waals surface area (Å²) in [5.41, 5.74) is 0. The molecule has 1 N–H and O–H groups in total. The minimum absolute atomic E-state index is 0. The molecule has 0 bridgehead atoms. The van der Waals surface area contributed by atoms with Crippen LogP contribution in [0.3, 0.4) is 0 Å². The Kier molecular flexibility index (Phi) is 4.74. The quantitative estimate of drug-likeness (QED) is 0.558. The molecule has 0 heterocycles. The van der Waals surface area contributed by atoms with E-state index in [0.717, 1.165) is 0 Å². The van der Waals surface area contributed by atoms with Gasteiger partial charge in [-0.05, 0) is 12.1 Å². The molecule has 4 heteroatoms. The molecule has 1 rings (SSSR count). The van der Waals surface area contributed by atoms with Crippen molar-refractivity contribution in [1.82, 2.24) is 0 Å². The van der Waals surface area contributed by atoms with E-state index >= 15 is 0 Å². The number of benzene rings is 1. The van der Waals surface area contributed by atoms with Crippen molar-refractivity contribution in [3.8, 4) is 5.75 Å². The van der Waals surface area contributed by atoms with E-state index in [4.69, 9.17) is 28.3 Å². The number of phenolic OH excluding ortho intramolecular Hbond substituents is 1. The summed E-state index contributed by atoms with van der Waals surface area (Å²) in [6.07, 6.45) is 0. The molecule has 1 aromatic rings. The third-order valence-electron chi connectivity index (χ3n) is 0.938. The van der Waals surface area contributed by atoms with E-state index in [-0.39, 0.29) is 46.8 Å². The fraction of sp³-hybridized carbons (Fsp3) is 0. The van der Waals surface area contributed by atoms with Crippen molar-refractivity contribution in [2.75, 3.05) is 0 Å². The molecule has 0 aliphatic carbocycles. The van der Waals surface area contributed by atoms with Gasteiger partial charge in [0, 0.05) is 0 Å². The topological polar surface area (TPSA) is 20.2 Å². The predicted molar refractivity (Wildman–Crippen MR) is 39.2 cm³/mol. The van der Waals surface area contributed by atoms with E-state index in [1.54, 1.807) is 18.2 Å². The van der Waals surface area contributed by atoms with Crippen LogP contribution >= 0.6 is 23.2 Å². The molecule has 0 amide bonds. The second-order valence-corrected chi connectivity index (χ2v) is 2.38. The summed E-state index contributed by atoms with van der Waals surface area (Å²) in [6.45, 7) is 0. The summed E-state index contributed by atoms with van der Waals surface area (Å²) in [4.78, 5) is 0. The molecule has 0 aromatic heterocycles. The van der Waals surface area contributed by atoms with Crippen LogP contribution in [0, 0.1) is 0 Å². The van der Waals surface area contributed by atoms with Gasteiger partial charge in [0.05, 0.1) is 10.0 Å². The average Bonchev–Trinajstić information content (AvgIpc) is 1.83. The van der Waals surface area contributed by atoms with Crippen LogP contribution in [-0.4, -0.2) is 5.11 Å². The minimum atomic E-state index is -0.0548. The van der Waals surface area contributed by atoms with Gasteiger partial charge in [0.1, 0.15) is 0 Å². The number of rotatable bonds is 0. The molecule has 0 atom stereocenters. The summed E-state index contributed by atoms with van der Waals surface area (Å²) in [5.74, 6) is -0.0548. The van der Waals surface area contributed by atoms with Gasteiger partial charge in [-0.15, -0.1) is 0 Å². The Balaban J connectivity index is 0. The van der Waals surface area contributed by atoms with E-state index < -0.39 is 0 Å². The van der Waals surface area contributed by atoms with Crippen molar-refractivity contribution >= 4 is 23.2 Å². The van der Waals surface area contributed by atoms with E-state index in [0.29, 0.717) is 0 Å². The number of para-hydroxylation sites is 1. The fourth-order valence-corrected chi connectivity index (χ4v) is 0.886. The van der Waals surface area contributed by atoms with Gasteiger partial charge in [-0.25, -0.2) is 0 Å². The maximum atomic E-state index is 8.94. The fourth-order valence-electron chi connectivity index (χ4n) is 0.489. The van der Waals surface area contributed by atoms with Crippen molar-refractivity contribution in [3.63, 3.8) is 0 Å². The Morgan fingerprint density at radius 2 is 1.60 bits per heavy atom. The van der Waals surface area contributed by atoms with Crippen LogP contribution in [-0.2, 0) is 0 Å². The smallest absolute Gasteiger partial charge is 1.00 e. The summed E-state index contributed by atoms with van der Waals surface area (Å²) in [5, 5.41) is 9.50. The van der Waals surface area contributed by atoms with Crippen molar-refractivity contribution in [2.45, 2.75) is 0 Å². The van der Waals surface area contributed by atoms with Crippen LogP contribution in [0.2, 0.25) is 10.0 Å². The van der Waals surface area contributed by atoms with Crippen LogP contribution in [0.1, 0.15) is 1.43 Å². The third-order valence-corrected chi connectivity index (χ3v) is 1.55. The van der Waals surface area contributed by atoms with Gasteiger partial charge in [-0.2, -0.15) is 0 Å². The standard InChI is InChI=1S/C6H4Cl2O.Na.H/c7-4-2-1-3-5(8)6(4)9;;/h1-3,9H;;/q;+1;-1. The van der Waals surface area contributed by atoms with Gasteiger partial charge in [-0.1, -0.05) is 29.3 Å². The summed E-state index contributed by atoms with van der Waals surface area (Å²) in [7, 11) is 0. The molecule has 0 saturated heterocycles. The number of hydrogen-bond acceptors (Lipinski definition) is 1. The molecule has 0 unspecified atom stereocenters. The Labute approximate surface area is 92.7 Å². The Morgan fingerprint density at radius 1 is 1.20 bits per heavy atom. The van der Waals surface area contributed by atoms with Crippen LogP contribution in [0.25, 0.3) is 0 Å². The molecule has 10 heavy (non-hydrogen) atoms. The van der Waals surface area contributed by atoms with Crippen LogP contribution in [0.15, 0.2) is 18.2 Å². The zero-order chi connectivity index (χ0) is 6.85. The predicted octanol–water partition coefficient (Wildman–Crippen LogP) is -0.185. The first kappa shape index (κ1) is 10.6. The van der Waals surface area contributed by atoms with Crippen LogP contribution in [0.5, 0.6) is 5.75 Å². The van der Waals surface area contributed by atoms with Crippen LogP contribution in [0.4, 0.5) is 0 Å². The summed E-state index contributed by atoms with van der Waals surface area (Å²) in [6, 6.07) is 4.82. The van der Waals surface area contributed by atoms with Crippen molar-refractivity contribution in [3.05, 3.63) is 28.2 Å². The van der Waals surface area contributed by atoms with Gasteiger partial charge >= 0.3 is 29.6 Å². The SMILES string of the molecule is Oc1c(Cl)cccc1Cl.[H-].[Na+]. The second kappa shape index (κ2) is 4.47.